The number of amides is 2. The molecule has 2 radical (unpaired) electrons. The molecule has 0 saturated carbocycles. The Morgan fingerprint density at radius 2 is 2.13 bits per heavy atom. The number of aryl methyl sites for hydroxylation is 1. The van der Waals surface area contributed by atoms with Crippen LogP contribution in [-0.4, -0.2) is 29.6 Å². The molecule has 1 aromatic heterocycles. The van der Waals surface area contributed by atoms with E-state index in [1.807, 2.05) is 0 Å². The molecule has 0 aliphatic carbocycles. The molecule has 0 aromatic carbocycles. The monoisotopic (exact) mass is 223 g/mol. The molecule has 1 heterocycles. The van der Waals surface area contributed by atoms with Gasteiger partial charge in [-0.15, -0.1) is 0 Å². The quantitative estimate of drug-likeness (QED) is 0.249. The zero-order valence-electron chi connectivity index (χ0n) is 7.90. The molecule has 0 fully saturated rings. The molecule has 0 bridgehead atoms. The number of nitrogens with zero attached hydrogens (tertiary/aromatic N) is 2. The van der Waals surface area contributed by atoms with Crippen molar-refractivity contribution in [1.82, 2.24) is 9.99 Å². The Morgan fingerprint density at radius 3 is 2.60 bits per heavy atom. The van der Waals surface area contributed by atoms with E-state index < -0.39 is 11.7 Å². The summed E-state index contributed by atoms with van der Waals surface area (Å²) in [6.07, 6.45) is 0. The first-order valence-corrected chi connectivity index (χ1v) is 4.32. The van der Waals surface area contributed by atoms with Gasteiger partial charge >= 0.3 is 0 Å². The first kappa shape index (κ1) is 11.7. The summed E-state index contributed by atoms with van der Waals surface area (Å²) in [7, 11) is 4.84. The first-order valence-electron chi connectivity index (χ1n) is 3.94. The van der Waals surface area contributed by atoms with Crippen LogP contribution in [0.3, 0.4) is 0 Å². The summed E-state index contributed by atoms with van der Waals surface area (Å²) in [4.78, 5) is 26.0. The van der Waals surface area contributed by atoms with Gasteiger partial charge in [0.2, 0.25) is 7.85 Å². The summed E-state index contributed by atoms with van der Waals surface area (Å²) >= 11 is 5.64. The van der Waals surface area contributed by atoms with E-state index in [0.717, 1.165) is 0 Å². The average Bonchev–Trinajstić information content (AvgIpc) is 2.13. The van der Waals surface area contributed by atoms with E-state index in [4.69, 9.17) is 25.3 Å². The van der Waals surface area contributed by atoms with E-state index in [-0.39, 0.29) is 10.7 Å². The van der Waals surface area contributed by atoms with E-state index >= 15 is 0 Å². The number of carbonyl (C=O) groups is 2. The fraction of sp³-hybridized carbons (Fsp3) is 0.125. The van der Waals surface area contributed by atoms with Crippen molar-refractivity contribution >= 4 is 31.2 Å². The molecule has 0 spiro atoms. The summed E-state index contributed by atoms with van der Waals surface area (Å²) < 4.78 is 0. The van der Waals surface area contributed by atoms with Gasteiger partial charge in [0.1, 0.15) is 5.15 Å². The average molecular weight is 223 g/mol. The molecular formula is C8H7BClN3O2. The van der Waals surface area contributed by atoms with Gasteiger partial charge in [-0.1, -0.05) is 11.6 Å². The Bertz CT molecular complexity index is 404. The molecular weight excluding hydrogens is 216 g/mol. The number of imide groups is 1. The zero-order valence-corrected chi connectivity index (χ0v) is 8.65. The molecule has 0 unspecified atom stereocenters. The summed E-state index contributed by atoms with van der Waals surface area (Å²) in [5.74, 6) is 3.37. The van der Waals surface area contributed by atoms with Crippen LogP contribution in [-0.2, 0) is 0 Å². The largest absolute Gasteiger partial charge is 0.287 e. The first-order chi connectivity index (χ1) is 6.91. The van der Waals surface area contributed by atoms with Gasteiger partial charge in [-0.2, -0.15) is 0 Å². The molecule has 2 N–H and O–H groups in total. The molecule has 2 amide bonds. The third-order valence-corrected chi connectivity index (χ3v) is 1.82. The second kappa shape index (κ2) is 4.42. The van der Waals surface area contributed by atoms with Gasteiger partial charge in [-0.3, -0.25) is 9.59 Å². The van der Waals surface area contributed by atoms with Gasteiger partial charge in [-0.25, -0.2) is 15.8 Å². The minimum Gasteiger partial charge on any atom is -0.287 e. The molecule has 1 aromatic rings. The Morgan fingerprint density at radius 1 is 1.53 bits per heavy atom. The Kier molecular flexibility index (Phi) is 3.44. The number of hydrazine groups is 1. The van der Waals surface area contributed by atoms with E-state index in [9.17, 15) is 9.59 Å². The lowest BCUT2D eigenvalue weighted by Crippen LogP contribution is -2.41. The van der Waals surface area contributed by atoms with E-state index in [1.165, 1.54) is 12.1 Å². The van der Waals surface area contributed by atoms with Crippen molar-refractivity contribution in [2.45, 2.75) is 6.92 Å². The zero-order chi connectivity index (χ0) is 11.6. The topological polar surface area (TPSA) is 76.3 Å². The maximum atomic E-state index is 11.5. The van der Waals surface area contributed by atoms with Crippen molar-refractivity contribution in [3.05, 3.63) is 28.5 Å². The van der Waals surface area contributed by atoms with Crippen LogP contribution in [0.4, 0.5) is 4.79 Å². The standard InChI is InChI=1S/C8H7BClN3O2/c1-4-2-5(3-6(10)12-4)7(14)13(11)8(9)15/h2-3H,11H2,1H3. The van der Waals surface area contributed by atoms with Crippen LogP contribution >= 0.6 is 11.6 Å². The highest BCUT2D eigenvalue weighted by Crippen LogP contribution is 2.11. The fourth-order valence-corrected chi connectivity index (χ4v) is 1.24. The summed E-state index contributed by atoms with van der Waals surface area (Å²) in [5, 5.41) is 0.460. The molecule has 0 saturated heterocycles. The number of hydrogen-bond donors (Lipinski definition) is 1. The highest BCUT2D eigenvalue weighted by Gasteiger charge is 2.16. The van der Waals surface area contributed by atoms with Crippen LogP contribution in [0.1, 0.15) is 16.1 Å². The van der Waals surface area contributed by atoms with Crippen LogP contribution in [0.2, 0.25) is 5.15 Å². The predicted octanol–water partition coefficient (Wildman–Crippen LogP) is 0.648. The van der Waals surface area contributed by atoms with Crippen molar-refractivity contribution < 1.29 is 9.59 Å². The number of pyridine rings is 1. The number of hydrogen-bond acceptors (Lipinski definition) is 4. The van der Waals surface area contributed by atoms with Crippen molar-refractivity contribution in [3.8, 4) is 0 Å². The Labute approximate surface area is 92.6 Å². The molecule has 0 atom stereocenters. The van der Waals surface area contributed by atoms with E-state index in [1.54, 1.807) is 6.92 Å². The van der Waals surface area contributed by atoms with Gasteiger partial charge in [0.15, 0.2) is 5.81 Å². The molecule has 15 heavy (non-hydrogen) atoms. The minimum atomic E-state index is -1.04. The van der Waals surface area contributed by atoms with Crippen molar-refractivity contribution in [2.24, 2.45) is 5.84 Å². The predicted molar refractivity (Wildman–Crippen MR) is 55.5 cm³/mol. The van der Waals surface area contributed by atoms with Gasteiger partial charge in [0, 0.05) is 11.3 Å². The van der Waals surface area contributed by atoms with Crippen molar-refractivity contribution in [3.63, 3.8) is 0 Å². The minimum absolute atomic E-state index is 0.149. The smallest absolute Gasteiger partial charge is 0.274 e. The van der Waals surface area contributed by atoms with Crippen LogP contribution in [0.5, 0.6) is 0 Å². The maximum Gasteiger partial charge on any atom is 0.274 e. The second-order valence-corrected chi connectivity index (χ2v) is 3.22. The summed E-state index contributed by atoms with van der Waals surface area (Å²) in [6, 6.07) is 2.76. The molecule has 5 nitrogen and oxygen atoms in total. The van der Waals surface area contributed by atoms with Gasteiger partial charge < -0.3 is 0 Å². The maximum absolute atomic E-state index is 11.5. The number of halogens is 1. The lowest BCUT2D eigenvalue weighted by atomic mass is 10.1. The summed E-state index contributed by atoms with van der Waals surface area (Å²) in [6.45, 7) is 1.66. The third kappa shape index (κ3) is 2.77. The van der Waals surface area contributed by atoms with E-state index in [0.29, 0.717) is 10.7 Å². The third-order valence-electron chi connectivity index (χ3n) is 1.63. The van der Waals surface area contributed by atoms with Crippen LogP contribution in [0, 0.1) is 6.92 Å². The van der Waals surface area contributed by atoms with Crippen LogP contribution in [0.15, 0.2) is 12.1 Å². The second-order valence-electron chi connectivity index (χ2n) is 2.83. The lowest BCUT2D eigenvalue weighted by Gasteiger charge is -2.12. The summed E-state index contributed by atoms with van der Waals surface area (Å²) in [5.41, 5.74) is 0.706. The fourth-order valence-electron chi connectivity index (χ4n) is 0.991. The Balaban J connectivity index is 3.06. The molecule has 7 heteroatoms. The molecule has 0 aliphatic heterocycles. The number of rotatable bonds is 1. The Hall–Kier alpha value is -1.40. The highest BCUT2D eigenvalue weighted by molar-refractivity contribution is 6.58. The normalized spacial score (nSPS) is 9.80. The molecule has 0 aliphatic rings. The van der Waals surface area contributed by atoms with E-state index in [2.05, 4.69) is 4.98 Å². The van der Waals surface area contributed by atoms with Crippen molar-refractivity contribution in [2.75, 3.05) is 0 Å². The van der Waals surface area contributed by atoms with Gasteiger partial charge in [-0.05, 0) is 19.1 Å². The lowest BCUT2D eigenvalue weighted by molar-refractivity contribution is 0.0819. The number of carbonyl (C=O) groups excluding carboxylic acids is 2. The van der Waals surface area contributed by atoms with Gasteiger partial charge in [0.25, 0.3) is 5.91 Å². The van der Waals surface area contributed by atoms with Crippen molar-refractivity contribution in [1.29, 1.82) is 0 Å². The van der Waals surface area contributed by atoms with Crippen LogP contribution < -0.4 is 5.84 Å². The SMILES string of the molecule is [B]C(=O)N(N)C(=O)c1cc(C)nc(Cl)c1. The van der Waals surface area contributed by atoms with Crippen LogP contribution in [0.25, 0.3) is 0 Å². The molecule has 1 rings (SSSR count). The highest BCUT2D eigenvalue weighted by atomic mass is 35.5. The van der Waals surface area contributed by atoms with Gasteiger partial charge in [0.05, 0.1) is 0 Å². The number of aromatic nitrogens is 1. The molecule has 76 valence electrons. The number of nitrogens with two attached hydrogens (primary N) is 1.